The van der Waals surface area contributed by atoms with Crippen molar-refractivity contribution in [2.24, 2.45) is 0 Å². The summed E-state index contributed by atoms with van der Waals surface area (Å²) in [5.41, 5.74) is 4.33. The maximum atomic E-state index is 11.2. The summed E-state index contributed by atoms with van der Waals surface area (Å²) in [7, 11) is 0. The van der Waals surface area contributed by atoms with Crippen LogP contribution in [0.5, 0.6) is 0 Å². The fourth-order valence-corrected chi connectivity index (χ4v) is 3.34. The van der Waals surface area contributed by atoms with E-state index in [0.717, 1.165) is 32.2 Å². The molecule has 0 aliphatic carbocycles. The van der Waals surface area contributed by atoms with Crippen LogP contribution in [0.1, 0.15) is 27.2 Å². The molecular formula is C17H13BrClNO2. The van der Waals surface area contributed by atoms with Gasteiger partial charge in [0.1, 0.15) is 0 Å². The first-order valence-electron chi connectivity index (χ1n) is 6.74. The zero-order valence-electron chi connectivity index (χ0n) is 11.8. The zero-order chi connectivity index (χ0) is 15.9. The summed E-state index contributed by atoms with van der Waals surface area (Å²) >= 11 is 9.70. The molecule has 5 heteroatoms. The van der Waals surface area contributed by atoms with Crippen LogP contribution in [0.25, 0.3) is 10.9 Å². The molecule has 3 aromatic rings. The second-order valence-electron chi connectivity index (χ2n) is 5.21. The Kier molecular flexibility index (Phi) is 3.98. The average Bonchev–Trinajstić information content (AvgIpc) is 2.77. The van der Waals surface area contributed by atoms with Crippen molar-refractivity contribution in [2.75, 3.05) is 0 Å². The third-order valence-electron chi connectivity index (χ3n) is 3.75. The smallest absolute Gasteiger partial charge is 0.335 e. The van der Waals surface area contributed by atoms with E-state index in [4.69, 9.17) is 16.7 Å². The van der Waals surface area contributed by atoms with Gasteiger partial charge in [0, 0.05) is 32.5 Å². The van der Waals surface area contributed by atoms with Crippen LogP contribution in [0.3, 0.4) is 0 Å². The third-order valence-corrected chi connectivity index (χ3v) is 4.59. The molecule has 0 spiro atoms. The van der Waals surface area contributed by atoms with Crippen molar-refractivity contribution in [3.63, 3.8) is 0 Å². The Morgan fingerprint density at radius 1 is 1.27 bits per heavy atom. The second kappa shape index (κ2) is 5.78. The van der Waals surface area contributed by atoms with Crippen LogP contribution in [0.15, 0.2) is 40.9 Å². The summed E-state index contributed by atoms with van der Waals surface area (Å²) in [6.07, 6.45) is 0.654. The van der Waals surface area contributed by atoms with Gasteiger partial charge < -0.3 is 10.1 Å². The van der Waals surface area contributed by atoms with Gasteiger partial charge in [0.25, 0.3) is 0 Å². The maximum Gasteiger partial charge on any atom is 0.335 e. The lowest BCUT2D eigenvalue weighted by Gasteiger charge is -2.06. The number of rotatable bonds is 3. The molecule has 0 amide bonds. The Bertz CT molecular complexity index is 886. The molecular weight excluding hydrogens is 366 g/mol. The van der Waals surface area contributed by atoms with Gasteiger partial charge >= 0.3 is 5.97 Å². The highest BCUT2D eigenvalue weighted by molar-refractivity contribution is 9.10. The number of benzene rings is 2. The SMILES string of the molecule is Cc1[nH]c2ccc(C(=O)O)cc2c1Cc1ccc(Br)cc1Cl. The average molecular weight is 379 g/mol. The van der Waals surface area contributed by atoms with Crippen LogP contribution < -0.4 is 0 Å². The summed E-state index contributed by atoms with van der Waals surface area (Å²) < 4.78 is 0.935. The number of carboxylic acid groups (broad SMARTS) is 1. The lowest BCUT2D eigenvalue weighted by Crippen LogP contribution is -1.96. The Hall–Kier alpha value is -1.78. The van der Waals surface area contributed by atoms with Gasteiger partial charge in [0.2, 0.25) is 0 Å². The highest BCUT2D eigenvalue weighted by Crippen LogP contribution is 2.29. The highest BCUT2D eigenvalue weighted by Gasteiger charge is 2.13. The van der Waals surface area contributed by atoms with Crippen LogP contribution in [0.2, 0.25) is 5.02 Å². The summed E-state index contributed by atoms with van der Waals surface area (Å²) in [5.74, 6) is -0.923. The van der Waals surface area contributed by atoms with Gasteiger partial charge in [-0.1, -0.05) is 33.6 Å². The minimum Gasteiger partial charge on any atom is -0.478 e. The fraction of sp³-hybridized carbons (Fsp3) is 0.118. The van der Waals surface area contributed by atoms with E-state index in [1.165, 1.54) is 0 Å². The van der Waals surface area contributed by atoms with Crippen molar-refractivity contribution < 1.29 is 9.90 Å². The Morgan fingerprint density at radius 3 is 2.73 bits per heavy atom. The minimum atomic E-state index is -0.923. The highest BCUT2D eigenvalue weighted by atomic mass is 79.9. The first kappa shape index (κ1) is 15.1. The van der Waals surface area contributed by atoms with Gasteiger partial charge in [-0.3, -0.25) is 0 Å². The topological polar surface area (TPSA) is 53.1 Å². The van der Waals surface area contributed by atoms with Gasteiger partial charge in [0.15, 0.2) is 0 Å². The number of aromatic nitrogens is 1. The van der Waals surface area contributed by atoms with Crippen molar-refractivity contribution >= 4 is 44.4 Å². The van der Waals surface area contributed by atoms with Gasteiger partial charge in [-0.2, -0.15) is 0 Å². The molecule has 0 bridgehead atoms. The molecule has 0 fully saturated rings. The van der Waals surface area contributed by atoms with Crippen molar-refractivity contribution in [3.05, 3.63) is 68.3 Å². The molecule has 2 N–H and O–H groups in total. The summed E-state index contributed by atoms with van der Waals surface area (Å²) in [6, 6.07) is 10.9. The number of halogens is 2. The number of aromatic amines is 1. The largest absolute Gasteiger partial charge is 0.478 e. The number of hydrogen-bond acceptors (Lipinski definition) is 1. The summed E-state index contributed by atoms with van der Waals surface area (Å²) in [5, 5.41) is 10.8. The standard InChI is InChI=1S/C17H13BrClNO2/c1-9-13(6-10-2-4-12(18)8-15(10)19)14-7-11(17(21)22)3-5-16(14)20-9/h2-5,7-8,20H,6H2,1H3,(H,21,22). The van der Waals surface area contributed by atoms with E-state index in [1.54, 1.807) is 18.2 Å². The summed E-state index contributed by atoms with van der Waals surface area (Å²) in [4.78, 5) is 14.5. The monoisotopic (exact) mass is 377 g/mol. The first-order chi connectivity index (χ1) is 10.5. The number of carboxylic acids is 1. The lowest BCUT2D eigenvalue weighted by atomic mass is 10.0. The van der Waals surface area contributed by atoms with Crippen LogP contribution in [-0.2, 0) is 6.42 Å². The third kappa shape index (κ3) is 2.76. The fourth-order valence-electron chi connectivity index (χ4n) is 2.60. The van der Waals surface area contributed by atoms with Crippen LogP contribution >= 0.6 is 27.5 Å². The molecule has 0 aliphatic heterocycles. The zero-order valence-corrected chi connectivity index (χ0v) is 14.1. The van der Waals surface area contributed by atoms with E-state index in [2.05, 4.69) is 20.9 Å². The van der Waals surface area contributed by atoms with Crippen LogP contribution in [0, 0.1) is 6.92 Å². The number of nitrogens with one attached hydrogen (secondary N) is 1. The van der Waals surface area contributed by atoms with Crippen molar-refractivity contribution in [2.45, 2.75) is 13.3 Å². The van der Waals surface area contributed by atoms with E-state index >= 15 is 0 Å². The Labute approximate surface area is 141 Å². The van der Waals surface area contributed by atoms with E-state index in [0.29, 0.717) is 11.4 Å². The van der Waals surface area contributed by atoms with Gasteiger partial charge in [0.05, 0.1) is 5.56 Å². The van der Waals surface area contributed by atoms with Crippen molar-refractivity contribution in [1.29, 1.82) is 0 Å². The number of carbonyl (C=O) groups is 1. The normalized spacial score (nSPS) is 11.0. The predicted octanol–water partition coefficient (Wildman–Crippen LogP) is 5.18. The molecule has 2 aromatic carbocycles. The van der Waals surface area contributed by atoms with Crippen molar-refractivity contribution in [3.8, 4) is 0 Å². The van der Waals surface area contributed by atoms with Crippen molar-refractivity contribution in [1.82, 2.24) is 4.98 Å². The molecule has 0 radical (unpaired) electrons. The van der Waals surface area contributed by atoms with Crippen LogP contribution in [0.4, 0.5) is 0 Å². The minimum absolute atomic E-state index is 0.287. The number of aryl methyl sites for hydroxylation is 1. The molecule has 22 heavy (non-hydrogen) atoms. The lowest BCUT2D eigenvalue weighted by molar-refractivity contribution is 0.0697. The second-order valence-corrected chi connectivity index (χ2v) is 6.53. The number of H-pyrrole nitrogens is 1. The van der Waals surface area contributed by atoms with E-state index in [-0.39, 0.29) is 5.56 Å². The molecule has 0 unspecified atom stereocenters. The summed E-state index contributed by atoms with van der Waals surface area (Å²) in [6.45, 7) is 1.99. The van der Waals surface area contributed by atoms with Gasteiger partial charge in [-0.15, -0.1) is 0 Å². The molecule has 1 aromatic heterocycles. The molecule has 0 saturated carbocycles. The quantitative estimate of drug-likeness (QED) is 0.659. The van der Waals surface area contributed by atoms with E-state index in [1.807, 2.05) is 25.1 Å². The number of aromatic carboxylic acids is 1. The van der Waals surface area contributed by atoms with E-state index in [9.17, 15) is 4.79 Å². The Morgan fingerprint density at radius 2 is 2.05 bits per heavy atom. The number of fused-ring (bicyclic) bond motifs is 1. The number of hydrogen-bond donors (Lipinski definition) is 2. The maximum absolute atomic E-state index is 11.2. The molecule has 0 atom stereocenters. The predicted molar refractivity (Wildman–Crippen MR) is 92.0 cm³/mol. The molecule has 0 aliphatic rings. The molecule has 1 heterocycles. The van der Waals surface area contributed by atoms with Crippen LogP contribution in [-0.4, -0.2) is 16.1 Å². The molecule has 3 rings (SSSR count). The van der Waals surface area contributed by atoms with E-state index < -0.39 is 5.97 Å². The Balaban J connectivity index is 2.11. The molecule has 3 nitrogen and oxygen atoms in total. The van der Waals surface area contributed by atoms with Gasteiger partial charge in [-0.05, 0) is 48.4 Å². The van der Waals surface area contributed by atoms with Gasteiger partial charge in [-0.25, -0.2) is 4.79 Å². The molecule has 112 valence electrons. The first-order valence-corrected chi connectivity index (χ1v) is 7.91. The molecule has 0 saturated heterocycles.